The van der Waals surface area contributed by atoms with Crippen LogP contribution in [0.25, 0.3) is 0 Å². The SMILES string of the molecule is CC1(C(=O)O)CCN(Cc2csc(Nc3ccccc3)n2)C1. The lowest BCUT2D eigenvalue weighted by molar-refractivity contribution is -0.147. The molecule has 1 aromatic carbocycles. The van der Waals surface area contributed by atoms with Gasteiger partial charge >= 0.3 is 5.97 Å². The van der Waals surface area contributed by atoms with Crippen molar-refractivity contribution in [2.75, 3.05) is 18.4 Å². The van der Waals surface area contributed by atoms with Crippen molar-refractivity contribution in [3.8, 4) is 0 Å². The zero-order valence-corrected chi connectivity index (χ0v) is 13.3. The van der Waals surface area contributed by atoms with Crippen molar-refractivity contribution in [2.24, 2.45) is 5.41 Å². The number of thiazole rings is 1. The third-order valence-corrected chi connectivity index (χ3v) is 4.84. The van der Waals surface area contributed by atoms with Crippen LogP contribution in [0.3, 0.4) is 0 Å². The summed E-state index contributed by atoms with van der Waals surface area (Å²) in [5.41, 5.74) is 1.38. The molecule has 2 N–H and O–H groups in total. The number of rotatable bonds is 5. The van der Waals surface area contributed by atoms with Gasteiger partial charge in [-0.15, -0.1) is 11.3 Å². The van der Waals surface area contributed by atoms with E-state index in [2.05, 4.69) is 15.2 Å². The van der Waals surface area contributed by atoms with Crippen molar-refractivity contribution in [1.82, 2.24) is 9.88 Å². The number of para-hydroxylation sites is 1. The van der Waals surface area contributed by atoms with E-state index >= 15 is 0 Å². The minimum Gasteiger partial charge on any atom is -0.481 e. The van der Waals surface area contributed by atoms with Crippen LogP contribution in [0.5, 0.6) is 0 Å². The molecule has 1 aliphatic rings. The molecule has 3 rings (SSSR count). The number of nitrogens with one attached hydrogen (secondary N) is 1. The summed E-state index contributed by atoms with van der Waals surface area (Å²) in [5.74, 6) is -0.709. The number of carbonyl (C=O) groups is 1. The summed E-state index contributed by atoms with van der Waals surface area (Å²) in [6.07, 6.45) is 0.696. The summed E-state index contributed by atoms with van der Waals surface area (Å²) in [6.45, 7) is 3.91. The lowest BCUT2D eigenvalue weighted by Crippen LogP contribution is -2.31. The van der Waals surface area contributed by atoms with Gasteiger partial charge < -0.3 is 10.4 Å². The zero-order chi connectivity index (χ0) is 15.6. The molecule has 0 bridgehead atoms. The van der Waals surface area contributed by atoms with Crippen LogP contribution in [0.15, 0.2) is 35.7 Å². The van der Waals surface area contributed by atoms with Gasteiger partial charge in [0, 0.05) is 24.2 Å². The summed E-state index contributed by atoms with van der Waals surface area (Å²) < 4.78 is 0. The maximum absolute atomic E-state index is 11.3. The Balaban J connectivity index is 1.60. The van der Waals surface area contributed by atoms with Gasteiger partial charge in [0.1, 0.15) is 0 Å². The number of aromatic nitrogens is 1. The molecule has 2 heterocycles. The van der Waals surface area contributed by atoms with E-state index in [0.29, 0.717) is 19.5 Å². The highest BCUT2D eigenvalue weighted by Crippen LogP contribution is 2.31. The average Bonchev–Trinajstić information content (AvgIpc) is 3.08. The van der Waals surface area contributed by atoms with Crippen LogP contribution in [0.4, 0.5) is 10.8 Å². The van der Waals surface area contributed by atoms with Crippen LogP contribution in [0.2, 0.25) is 0 Å². The molecule has 1 saturated heterocycles. The highest BCUT2D eigenvalue weighted by atomic mass is 32.1. The number of aliphatic carboxylic acids is 1. The number of nitrogens with zero attached hydrogens (tertiary/aromatic N) is 2. The third-order valence-electron chi connectivity index (χ3n) is 4.03. The number of carboxylic acids is 1. The standard InChI is InChI=1S/C16H19N3O2S/c1-16(14(20)21)7-8-19(11-16)9-13-10-22-15(18-13)17-12-5-3-2-4-6-12/h2-6,10H,7-9,11H2,1H3,(H,17,18)(H,20,21). The molecular weight excluding hydrogens is 298 g/mol. The summed E-state index contributed by atoms with van der Waals surface area (Å²) in [5, 5.41) is 15.4. The molecule has 5 nitrogen and oxygen atoms in total. The highest BCUT2D eigenvalue weighted by molar-refractivity contribution is 7.13. The Morgan fingerprint density at radius 2 is 2.23 bits per heavy atom. The Morgan fingerprint density at radius 3 is 2.91 bits per heavy atom. The fraction of sp³-hybridized carbons (Fsp3) is 0.375. The third kappa shape index (κ3) is 3.28. The molecule has 0 radical (unpaired) electrons. The maximum atomic E-state index is 11.3. The summed E-state index contributed by atoms with van der Waals surface area (Å²) in [7, 11) is 0. The first kappa shape index (κ1) is 15.0. The molecule has 1 unspecified atom stereocenters. The number of benzene rings is 1. The van der Waals surface area contributed by atoms with E-state index in [0.717, 1.165) is 23.1 Å². The topological polar surface area (TPSA) is 65.5 Å². The van der Waals surface area contributed by atoms with Gasteiger partial charge in [0.25, 0.3) is 0 Å². The second-order valence-electron chi connectivity index (χ2n) is 5.96. The van der Waals surface area contributed by atoms with Gasteiger partial charge in [-0.05, 0) is 32.0 Å². The van der Waals surface area contributed by atoms with E-state index in [-0.39, 0.29) is 0 Å². The second-order valence-corrected chi connectivity index (χ2v) is 6.82. The molecular formula is C16H19N3O2S. The van der Waals surface area contributed by atoms with E-state index < -0.39 is 11.4 Å². The van der Waals surface area contributed by atoms with Gasteiger partial charge in [0.05, 0.1) is 11.1 Å². The van der Waals surface area contributed by atoms with Gasteiger partial charge in [0.2, 0.25) is 0 Å². The van der Waals surface area contributed by atoms with E-state index in [1.807, 2.05) is 42.6 Å². The van der Waals surface area contributed by atoms with Crippen LogP contribution in [-0.4, -0.2) is 34.0 Å². The monoisotopic (exact) mass is 317 g/mol. The van der Waals surface area contributed by atoms with Crippen LogP contribution in [0.1, 0.15) is 19.0 Å². The highest BCUT2D eigenvalue weighted by Gasteiger charge is 2.40. The fourth-order valence-corrected chi connectivity index (χ4v) is 3.40. The van der Waals surface area contributed by atoms with Crippen LogP contribution in [-0.2, 0) is 11.3 Å². The molecule has 6 heteroatoms. The van der Waals surface area contributed by atoms with Gasteiger partial charge in [-0.2, -0.15) is 0 Å². The predicted molar refractivity (Wildman–Crippen MR) is 87.5 cm³/mol. The summed E-state index contributed by atoms with van der Waals surface area (Å²) in [6, 6.07) is 9.94. The van der Waals surface area contributed by atoms with E-state index in [1.165, 1.54) is 0 Å². The van der Waals surface area contributed by atoms with Gasteiger partial charge in [-0.3, -0.25) is 9.69 Å². The van der Waals surface area contributed by atoms with Gasteiger partial charge in [-0.1, -0.05) is 18.2 Å². The maximum Gasteiger partial charge on any atom is 0.310 e. The van der Waals surface area contributed by atoms with E-state index in [9.17, 15) is 9.90 Å². The first-order valence-electron chi connectivity index (χ1n) is 7.27. The first-order valence-corrected chi connectivity index (χ1v) is 8.15. The van der Waals surface area contributed by atoms with Crippen LogP contribution >= 0.6 is 11.3 Å². The van der Waals surface area contributed by atoms with Crippen molar-refractivity contribution in [1.29, 1.82) is 0 Å². The molecule has 2 aromatic rings. The molecule has 1 aromatic heterocycles. The van der Waals surface area contributed by atoms with Crippen LogP contribution in [0, 0.1) is 5.41 Å². The number of hydrogen-bond donors (Lipinski definition) is 2. The molecule has 0 saturated carbocycles. The number of carboxylic acid groups (broad SMARTS) is 1. The zero-order valence-electron chi connectivity index (χ0n) is 12.5. The number of hydrogen-bond acceptors (Lipinski definition) is 5. The molecule has 1 aliphatic heterocycles. The Kier molecular flexibility index (Phi) is 4.13. The van der Waals surface area contributed by atoms with Crippen molar-refractivity contribution in [3.05, 3.63) is 41.4 Å². The van der Waals surface area contributed by atoms with Crippen molar-refractivity contribution in [3.63, 3.8) is 0 Å². The minimum absolute atomic E-state index is 0.585. The van der Waals surface area contributed by atoms with Gasteiger partial charge in [-0.25, -0.2) is 4.98 Å². The second kappa shape index (κ2) is 6.06. The molecule has 22 heavy (non-hydrogen) atoms. The van der Waals surface area contributed by atoms with Crippen molar-refractivity contribution >= 4 is 28.1 Å². The Hall–Kier alpha value is -1.92. The fourth-order valence-electron chi connectivity index (χ4n) is 2.68. The largest absolute Gasteiger partial charge is 0.481 e. The normalized spacial score (nSPS) is 21.9. The van der Waals surface area contributed by atoms with Crippen LogP contribution < -0.4 is 5.32 Å². The Morgan fingerprint density at radius 1 is 1.45 bits per heavy atom. The van der Waals surface area contributed by atoms with E-state index in [4.69, 9.17) is 0 Å². The quantitative estimate of drug-likeness (QED) is 0.886. The lowest BCUT2D eigenvalue weighted by atomic mass is 9.90. The number of likely N-dealkylation sites (tertiary alicyclic amines) is 1. The molecule has 116 valence electrons. The van der Waals surface area contributed by atoms with Crippen molar-refractivity contribution < 1.29 is 9.90 Å². The molecule has 0 amide bonds. The average molecular weight is 317 g/mol. The minimum atomic E-state index is -0.709. The smallest absolute Gasteiger partial charge is 0.310 e. The van der Waals surface area contributed by atoms with Crippen molar-refractivity contribution in [2.45, 2.75) is 19.9 Å². The van der Waals surface area contributed by atoms with Gasteiger partial charge in [0.15, 0.2) is 5.13 Å². The van der Waals surface area contributed by atoms with E-state index in [1.54, 1.807) is 11.3 Å². The first-order chi connectivity index (χ1) is 10.5. The summed E-state index contributed by atoms with van der Waals surface area (Å²) >= 11 is 1.57. The Bertz CT molecular complexity index is 658. The lowest BCUT2D eigenvalue weighted by Gasteiger charge is -2.19. The molecule has 0 aliphatic carbocycles. The Labute approximate surface area is 133 Å². The summed E-state index contributed by atoms with van der Waals surface area (Å²) in [4.78, 5) is 18.0. The molecule has 1 atom stereocenters. The predicted octanol–water partition coefficient (Wildman–Crippen LogP) is 3.18. The molecule has 0 spiro atoms. The number of anilines is 2. The molecule has 1 fully saturated rings.